The number of amides is 1. The Morgan fingerprint density at radius 2 is 1.82 bits per heavy atom. The molecular formula is C19H23FN4O4. The van der Waals surface area contributed by atoms with Gasteiger partial charge in [-0.2, -0.15) is 0 Å². The molecule has 0 bridgehead atoms. The third-order valence-corrected chi connectivity index (χ3v) is 4.31. The van der Waals surface area contributed by atoms with E-state index >= 15 is 0 Å². The number of piperazine rings is 1. The van der Waals surface area contributed by atoms with Crippen molar-refractivity contribution in [2.24, 2.45) is 0 Å². The Labute approximate surface area is 162 Å². The van der Waals surface area contributed by atoms with Crippen molar-refractivity contribution in [2.45, 2.75) is 0 Å². The van der Waals surface area contributed by atoms with Crippen LogP contribution in [0.4, 0.5) is 10.2 Å². The van der Waals surface area contributed by atoms with Gasteiger partial charge in [-0.3, -0.25) is 4.79 Å². The van der Waals surface area contributed by atoms with E-state index < -0.39 is 5.82 Å². The van der Waals surface area contributed by atoms with E-state index in [1.807, 2.05) is 11.0 Å². The summed E-state index contributed by atoms with van der Waals surface area (Å²) in [6, 6.07) is 9.64. The highest BCUT2D eigenvalue weighted by molar-refractivity contribution is 5.78. The summed E-state index contributed by atoms with van der Waals surface area (Å²) in [6.07, 6.45) is 0. The maximum Gasteiger partial charge on any atom is 0.260 e. The average Bonchev–Trinajstić information content (AvgIpc) is 2.74. The second-order valence-corrected chi connectivity index (χ2v) is 6.16. The predicted octanol–water partition coefficient (Wildman–Crippen LogP) is 1.37. The Kier molecular flexibility index (Phi) is 6.96. The Morgan fingerprint density at radius 1 is 1.04 bits per heavy atom. The monoisotopic (exact) mass is 390 g/mol. The molecular weight excluding hydrogens is 367 g/mol. The number of rotatable bonds is 8. The molecule has 150 valence electrons. The highest BCUT2D eigenvalue weighted by atomic mass is 19.1. The summed E-state index contributed by atoms with van der Waals surface area (Å²) in [6.45, 7) is 3.04. The van der Waals surface area contributed by atoms with Gasteiger partial charge in [-0.05, 0) is 18.2 Å². The lowest BCUT2D eigenvalue weighted by Crippen LogP contribution is -2.50. The van der Waals surface area contributed by atoms with E-state index in [1.165, 1.54) is 12.1 Å². The van der Waals surface area contributed by atoms with Gasteiger partial charge >= 0.3 is 0 Å². The molecule has 2 heterocycles. The normalized spacial score (nSPS) is 14.1. The highest BCUT2D eigenvalue weighted by Gasteiger charge is 2.22. The van der Waals surface area contributed by atoms with Crippen molar-refractivity contribution in [3.8, 4) is 11.6 Å². The number of para-hydroxylation sites is 1. The number of carbonyl (C=O) groups excluding carboxylic acids is 1. The van der Waals surface area contributed by atoms with Gasteiger partial charge in [-0.15, -0.1) is 10.2 Å². The summed E-state index contributed by atoms with van der Waals surface area (Å²) < 4.78 is 29.2. The van der Waals surface area contributed by atoms with Crippen LogP contribution in [0.1, 0.15) is 0 Å². The standard InChI is InChI=1S/C19H23FN4O4/c1-26-12-13-27-18-7-6-17(21-22-18)23-8-10-24(11-9-23)19(25)14-28-16-5-3-2-4-15(16)20/h2-7H,8-14H2,1H3. The van der Waals surface area contributed by atoms with Gasteiger partial charge in [0.15, 0.2) is 24.0 Å². The van der Waals surface area contributed by atoms with Crippen LogP contribution in [0.5, 0.6) is 11.6 Å². The molecule has 3 rings (SSSR count). The number of hydrogen-bond acceptors (Lipinski definition) is 7. The van der Waals surface area contributed by atoms with Gasteiger partial charge in [0, 0.05) is 39.4 Å². The molecule has 0 radical (unpaired) electrons. The zero-order valence-electron chi connectivity index (χ0n) is 15.7. The van der Waals surface area contributed by atoms with Gasteiger partial charge in [-0.25, -0.2) is 4.39 Å². The SMILES string of the molecule is COCCOc1ccc(N2CCN(C(=O)COc3ccccc3F)CC2)nn1. The second kappa shape index (κ2) is 9.84. The fraction of sp³-hybridized carbons (Fsp3) is 0.421. The Hall–Kier alpha value is -2.94. The number of anilines is 1. The van der Waals surface area contributed by atoms with E-state index in [-0.39, 0.29) is 18.3 Å². The second-order valence-electron chi connectivity index (χ2n) is 6.16. The third-order valence-electron chi connectivity index (χ3n) is 4.31. The third kappa shape index (κ3) is 5.29. The lowest BCUT2D eigenvalue weighted by atomic mass is 10.3. The minimum absolute atomic E-state index is 0.0811. The number of hydrogen-bond donors (Lipinski definition) is 0. The lowest BCUT2D eigenvalue weighted by molar-refractivity contribution is -0.133. The molecule has 1 aromatic heterocycles. The molecule has 8 nitrogen and oxygen atoms in total. The average molecular weight is 390 g/mol. The summed E-state index contributed by atoms with van der Waals surface area (Å²) in [5.74, 6) is 0.607. The molecule has 9 heteroatoms. The van der Waals surface area contributed by atoms with Crippen LogP contribution >= 0.6 is 0 Å². The molecule has 0 atom stereocenters. The molecule has 0 unspecified atom stereocenters. The Balaban J connectivity index is 1.44. The van der Waals surface area contributed by atoms with E-state index in [9.17, 15) is 9.18 Å². The number of methoxy groups -OCH3 is 1. The fourth-order valence-corrected chi connectivity index (χ4v) is 2.77. The van der Waals surface area contributed by atoms with E-state index in [2.05, 4.69) is 10.2 Å². The summed E-state index contributed by atoms with van der Waals surface area (Å²) in [5.41, 5.74) is 0. The number of benzene rings is 1. The molecule has 28 heavy (non-hydrogen) atoms. The summed E-state index contributed by atoms with van der Waals surface area (Å²) in [7, 11) is 1.61. The van der Waals surface area contributed by atoms with Gasteiger partial charge in [-0.1, -0.05) is 12.1 Å². The largest absolute Gasteiger partial charge is 0.481 e. The van der Waals surface area contributed by atoms with Gasteiger partial charge in [0.1, 0.15) is 6.61 Å². The maximum absolute atomic E-state index is 13.6. The molecule has 1 aliphatic heterocycles. The molecule has 1 aliphatic rings. The zero-order chi connectivity index (χ0) is 19.8. The Morgan fingerprint density at radius 3 is 2.50 bits per heavy atom. The van der Waals surface area contributed by atoms with Crippen molar-refractivity contribution in [1.29, 1.82) is 0 Å². The van der Waals surface area contributed by atoms with Gasteiger partial charge in [0.05, 0.1) is 6.61 Å². The number of ether oxygens (including phenoxy) is 3. The molecule has 1 saturated heterocycles. The van der Waals surface area contributed by atoms with Crippen molar-refractivity contribution in [3.63, 3.8) is 0 Å². The fourth-order valence-electron chi connectivity index (χ4n) is 2.77. The van der Waals surface area contributed by atoms with Crippen LogP contribution in [0.15, 0.2) is 36.4 Å². The summed E-state index contributed by atoms with van der Waals surface area (Å²) >= 11 is 0. The molecule has 0 spiro atoms. The van der Waals surface area contributed by atoms with Crippen LogP contribution < -0.4 is 14.4 Å². The van der Waals surface area contributed by atoms with Gasteiger partial charge in [0.2, 0.25) is 5.88 Å². The molecule has 1 amide bonds. The van der Waals surface area contributed by atoms with Crippen LogP contribution in [0.25, 0.3) is 0 Å². The molecule has 0 aliphatic carbocycles. The van der Waals surface area contributed by atoms with Gasteiger partial charge < -0.3 is 24.0 Å². The van der Waals surface area contributed by atoms with Crippen molar-refractivity contribution >= 4 is 11.7 Å². The highest BCUT2D eigenvalue weighted by Crippen LogP contribution is 2.17. The molecule has 1 fully saturated rings. The topological polar surface area (TPSA) is 77.0 Å². The molecule has 0 N–H and O–H groups in total. The first-order chi connectivity index (χ1) is 13.7. The van der Waals surface area contributed by atoms with Crippen LogP contribution in [-0.2, 0) is 9.53 Å². The minimum atomic E-state index is -0.478. The van der Waals surface area contributed by atoms with Crippen LogP contribution in [-0.4, -0.2) is 74.1 Å². The van der Waals surface area contributed by atoms with Crippen molar-refractivity contribution in [2.75, 3.05) is 58.0 Å². The first-order valence-corrected chi connectivity index (χ1v) is 9.03. The van der Waals surface area contributed by atoms with E-state index in [0.717, 1.165) is 5.82 Å². The first-order valence-electron chi connectivity index (χ1n) is 9.03. The zero-order valence-corrected chi connectivity index (χ0v) is 15.7. The van der Waals surface area contributed by atoms with Crippen molar-refractivity contribution < 1.29 is 23.4 Å². The van der Waals surface area contributed by atoms with Gasteiger partial charge in [0.25, 0.3) is 5.91 Å². The molecule has 0 saturated carbocycles. The molecule has 1 aromatic carbocycles. The lowest BCUT2D eigenvalue weighted by Gasteiger charge is -2.35. The number of carbonyl (C=O) groups is 1. The van der Waals surface area contributed by atoms with E-state index in [0.29, 0.717) is 45.3 Å². The maximum atomic E-state index is 13.6. The smallest absolute Gasteiger partial charge is 0.260 e. The number of halogens is 1. The van der Waals surface area contributed by atoms with E-state index in [1.54, 1.807) is 30.2 Å². The van der Waals surface area contributed by atoms with Crippen LogP contribution in [0.2, 0.25) is 0 Å². The van der Waals surface area contributed by atoms with Crippen LogP contribution in [0, 0.1) is 5.82 Å². The van der Waals surface area contributed by atoms with Crippen LogP contribution in [0.3, 0.4) is 0 Å². The first kappa shape index (κ1) is 19.8. The predicted molar refractivity (Wildman–Crippen MR) is 100 cm³/mol. The minimum Gasteiger partial charge on any atom is -0.481 e. The number of aromatic nitrogens is 2. The quantitative estimate of drug-likeness (QED) is 0.630. The Bertz CT molecular complexity index is 767. The summed E-state index contributed by atoms with van der Waals surface area (Å²) in [4.78, 5) is 16.1. The van der Waals surface area contributed by atoms with Crippen molar-refractivity contribution in [1.82, 2.24) is 15.1 Å². The van der Waals surface area contributed by atoms with Crippen molar-refractivity contribution in [3.05, 3.63) is 42.2 Å². The molecule has 2 aromatic rings. The number of nitrogens with zero attached hydrogens (tertiary/aromatic N) is 4. The van der Waals surface area contributed by atoms with E-state index in [4.69, 9.17) is 14.2 Å². The summed E-state index contributed by atoms with van der Waals surface area (Å²) in [5, 5.41) is 8.22.